The van der Waals surface area contributed by atoms with Crippen molar-refractivity contribution in [2.45, 2.75) is 53.0 Å². The number of benzene rings is 1. The predicted molar refractivity (Wildman–Crippen MR) is 121 cm³/mol. The van der Waals surface area contributed by atoms with Gasteiger partial charge in [-0.1, -0.05) is 44.2 Å². The van der Waals surface area contributed by atoms with Crippen LogP contribution in [0.15, 0.2) is 53.9 Å². The van der Waals surface area contributed by atoms with Gasteiger partial charge in [-0.15, -0.1) is 0 Å². The van der Waals surface area contributed by atoms with Gasteiger partial charge in [-0.25, -0.2) is 4.79 Å². The van der Waals surface area contributed by atoms with Crippen LogP contribution in [0.1, 0.15) is 58.6 Å². The summed E-state index contributed by atoms with van der Waals surface area (Å²) in [6, 6.07) is 9.82. The van der Waals surface area contributed by atoms with Crippen LogP contribution < -0.4 is 10.6 Å². The van der Waals surface area contributed by atoms with Crippen LogP contribution in [0, 0.1) is 29.1 Å². The second kappa shape index (κ2) is 8.52. The lowest BCUT2D eigenvalue weighted by atomic mass is 9.43. The Hall–Kier alpha value is -2.56. The van der Waals surface area contributed by atoms with Crippen molar-refractivity contribution in [1.82, 2.24) is 10.6 Å². The zero-order chi connectivity index (χ0) is 22.2. The Labute approximate surface area is 185 Å². The average molecular weight is 423 g/mol. The summed E-state index contributed by atoms with van der Waals surface area (Å²) in [5.41, 5.74) is 2.53. The molecule has 1 aliphatic heterocycles. The van der Waals surface area contributed by atoms with Crippen LogP contribution in [0.3, 0.4) is 0 Å². The van der Waals surface area contributed by atoms with E-state index in [0.717, 1.165) is 24.3 Å². The number of dihydropyridines is 1. The number of nitrogens with one attached hydrogen (secondary N) is 2. The molecule has 0 unspecified atom stereocenters. The van der Waals surface area contributed by atoms with Crippen molar-refractivity contribution < 1.29 is 14.3 Å². The lowest BCUT2D eigenvalue weighted by Gasteiger charge is -2.61. The number of carbonyl (C=O) groups excluding carboxylic acids is 2. The van der Waals surface area contributed by atoms with Gasteiger partial charge in [0.05, 0.1) is 18.2 Å². The fraction of sp³-hybridized carbons (Fsp3) is 0.538. The molecular weight excluding hydrogens is 388 g/mol. The van der Waals surface area contributed by atoms with Crippen molar-refractivity contribution in [2.75, 3.05) is 6.61 Å². The second-order valence-corrected chi connectivity index (χ2v) is 9.77. The summed E-state index contributed by atoms with van der Waals surface area (Å²) in [6.45, 7) is 8.80. The highest BCUT2D eigenvalue weighted by atomic mass is 16.5. The van der Waals surface area contributed by atoms with E-state index in [0.29, 0.717) is 23.7 Å². The summed E-state index contributed by atoms with van der Waals surface area (Å²) in [5.74, 6) is 0.840. The molecule has 4 aliphatic rings. The number of rotatable bonds is 6. The third-order valence-electron chi connectivity index (χ3n) is 7.91. The van der Waals surface area contributed by atoms with Gasteiger partial charge in [0, 0.05) is 23.9 Å². The van der Waals surface area contributed by atoms with Gasteiger partial charge in [-0.3, -0.25) is 4.79 Å². The number of fused-ring (bicyclic) bond motifs is 2. The maximum absolute atomic E-state index is 13.4. The summed E-state index contributed by atoms with van der Waals surface area (Å²) >= 11 is 0. The molecule has 0 radical (unpaired) electrons. The van der Waals surface area contributed by atoms with Gasteiger partial charge < -0.3 is 15.4 Å². The summed E-state index contributed by atoms with van der Waals surface area (Å²) in [5, 5.41) is 6.20. The first-order chi connectivity index (χ1) is 14.8. The van der Waals surface area contributed by atoms with Crippen LogP contribution in [-0.4, -0.2) is 18.5 Å². The molecule has 1 aromatic rings. The highest BCUT2D eigenvalue weighted by Crippen LogP contribution is 2.64. The van der Waals surface area contributed by atoms with Crippen LogP contribution in [0.2, 0.25) is 0 Å². The van der Waals surface area contributed by atoms with Crippen molar-refractivity contribution in [2.24, 2.45) is 29.1 Å². The molecule has 5 rings (SSSR count). The van der Waals surface area contributed by atoms with E-state index in [1.165, 1.54) is 6.42 Å². The average Bonchev–Trinajstić information content (AvgIpc) is 2.79. The minimum Gasteiger partial charge on any atom is -0.463 e. The number of esters is 1. The number of hydrogen-bond donors (Lipinski definition) is 2. The van der Waals surface area contributed by atoms with Crippen LogP contribution in [0.4, 0.5) is 0 Å². The normalized spacial score (nSPS) is 29.4. The molecule has 0 saturated heterocycles. The molecule has 3 aliphatic carbocycles. The Balaban J connectivity index is 1.61. The lowest BCUT2D eigenvalue weighted by Crippen LogP contribution is -2.55. The van der Waals surface area contributed by atoms with Crippen LogP contribution >= 0.6 is 0 Å². The van der Waals surface area contributed by atoms with Crippen LogP contribution in [0.25, 0.3) is 0 Å². The van der Waals surface area contributed by atoms with Gasteiger partial charge in [0.25, 0.3) is 0 Å². The van der Waals surface area contributed by atoms with Gasteiger partial charge in [0.15, 0.2) is 0 Å². The summed E-state index contributed by atoms with van der Waals surface area (Å²) in [4.78, 5) is 26.3. The topological polar surface area (TPSA) is 67.4 Å². The van der Waals surface area contributed by atoms with E-state index in [1.807, 2.05) is 44.2 Å². The highest BCUT2D eigenvalue weighted by Gasteiger charge is 2.57. The van der Waals surface area contributed by atoms with Gasteiger partial charge in [-0.05, 0) is 61.8 Å². The molecule has 166 valence electrons. The SMILES string of the molecule is CCOC(=O)C1=CNC=C(C(=O)N[C@@H](C)c2ccccc2)[C@@H]1[C@H]1CC[C@H]2C[C@@H]1C2(C)C. The number of carbonyl (C=O) groups is 2. The maximum atomic E-state index is 13.4. The zero-order valence-electron chi connectivity index (χ0n) is 19.0. The molecule has 1 amide bonds. The fourth-order valence-corrected chi connectivity index (χ4v) is 6.01. The number of ether oxygens (including phenoxy) is 1. The van der Waals surface area contributed by atoms with Crippen molar-refractivity contribution >= 4 is 11.9 Å². The van der Waals surface area contributed by atoms with Crippen LogP contribution in [-0.2, 0) is 14.3 Å². The van der Waals surface area contributed by atoms with E-state index in [9.17, 15) is 9.59 Å². The van der Waals surface area contributed by atoms with Crippen LogP contribution in [0.5, 0.6) is 0 Å². The van der Waals surface area contributed by atoms with Gasteiger partial charge in [-0.2, -0.15) is 0 Å². The van der Waals surface area contributed by atoms with E-state index >= 15 is 0 Å². The molecule has 3 fully saturated rings. The Morgan fingerprint density at radius 1 is 1.16 bits per heavy atom. The van der Waals surface area contributed by atoms with E-state index in [4.69, 9.17) is 4.74 Å². The van der Waals surface area contributed by atoms with E-state index in [1.54, 1.807) is 12.4 Å². The molecule has 1 aromatic carbocycles. The second-order valence-electron chi connectivity index (χ2n) is 9.77. The Kier molecular flexibility index (Phi) is 5.96. The van der Waals surface area contributed by atoms with E-state index in [2.05, 4.69) is 24.5 Å². The quantitative estimate of drug-likeness (QED) is 0.663. The van der Waals surface area contributed by atoms with Gasteiger partial charge in [0.1, 0.15) is 0 Å². The van der Waals surface area contributed by atoms with Gasteiger partial charge >= 0.3 is 5.97 Å². The Morgan fingerprint density at radius 2 is 1.87 bits per heavy atom. The molecule has 5 heteroatoms. The first kappa shape index (κ1) is 21.7. The third-order valence-corrected chi connectivity index (χ3v) is 7.91. The molecular formula is C26H34N2O3. The minimum atomic E-state index is -0.325. The molecule has 0 aromatic heterocycles. The smallest absolute Gasteiger partial charge is 0.336 e. The largest absolute Gasteiger partial charge is 0.463 e. The van der Waals surface area contributed by atoms with E-state index < -0.39 is 0 Å². The Morgan fingerprint density at radius 3 is 2.52 bits per heavy atom. The molecule has 2 bridgehead atoms. The Bertz CT molecular complexity index is 900. The summed E-state index contributed by atoms with van der Waals surface area (Å²) in [6.07, 6.45) is 6.89. The molecule has 0 spiro atoms. The fourth-order valence-electron chi connectivity index (χ4n) is 6.01. The van der Waals surface area contributed by atoms with Crippen molar-refractivity contribution in [3.8, 4) is 0 Å². The molecule has 5 nitrogen and oxygen atoms in total. The molecule has 2 N–H and O–H groups in total. The summed E-state index contributed by atoms with van der Waals surface area (Å²) in [7, 11) is 0. The highest BCUT2D eigenvalue weighted by molar-refractivity contribution is 5.99. The number of amides is 1. The first-order valence-electron chi connectivity index (χ1n) is 11.5. The predicted octanol–water partition coefficient (Wildman–Crippen LogP) is 4.49. The number of hydrogen-bond acceptors (Lipinski definition) is 4. The van der Waals surface area contributed by atoms with Gasteiger partial charge in [0.2, 0.25) is 5.91 Å². The van der Waals surface area contributed by atoms with Crippen molar-refractivity contribution in [3.63, 3.8) is 0 Å². The molecule has 31 heavy (non-hydrogen) atoms. The molecule has 3 saturated carbocycles. The summed E-state index contributed by atoms with van der Waals surface area (Å²) < 4.78 is 5.37. The zero-order valence-corrected chi connectivity index (χ0v) is 19.0. The third kappa shape index (κ3) is 3.90. The van der Waals surface area contributed by atoms with Crippen molar-refractivity contribution in [1.29, 1.82) is 0 Å². The first-order valence-corrected chi connectivity index (χ1v) is 11.5. The molecule has 5 atom stereocenters. The standard InChI is InChI=1S/C26H34N2O3/c1-5-31-25(30)21-15-27-14-20(24(29)28-16(2)17-9-7-6-8-10-17)23(21)19-12-11-18-13-22(19)26(18,3)4/h6-10,14-16,18-19,22-23,27H,5,11-13H2,1-4H3,(H,28,29)/t16-,18-,19-,22-,23-/m0/s1. The monoisotopic (exact) mass is 422 g/mol. The van der Waals surface area contributed by atoms with E-state index in [-0.39, 0.29) is 35.2 Å². The minimum absolute atomic E-state index is 0.122. The van der Waals surface area contributed by atoms with Crippen molar-refractivity contribution in [3.05, 3.63) is 59.4 Å². The maximum Gasteiger partial charge on any atom is 0.336 e. The lowest BCUT2D eigenvalue weighted by molar-refractivity contribution is -0.142. The molecule has 1 heterocycles.